The smallest absolute Gasteiger partial charge is 0.269 e. The normalized spacial score (nSPS) is 21.3. The van der Waals surface area contributed by atoms with Crippen molar-refractivity contribution < 1.29 is 18.0 Å². The van der Waals surface area contributed by atoms with Crippen molar-refractivity contribution in [2.45, 2.75) is 17.4 Å². The molecule has 0 bridgehead atoms. The van der Waals surface area contributed by atoms with Crippen molar-refractivity contribution in [3.05, 3.63) is 65.7 Å². The predicted octanol–water partition coefficient (Wildman–Crippen LogP) is 2.02. The van der Waals surface area contributed by atoms with Gasteiger partial charge in [-0.15, -0.1) is 0 Å². The number of hydrogen-bond acceptors (Lipinski definition) is 5. The molecule has 2 heterocycles. The van der Waals surface area contributed by atoms with E-state index in [1.54, 1.807) is 12.1 Å². The van der Waals surface area contributed by atoms with E-state index in [1.165, 1.54) is 12.1 Å². The van der Waals surface area contributed by atoms with Crippen LogP contribution >= 0.6 is 0 Å². The van der Waals surface area contributed by atoms with Crippen molar-refractivity contribution in [2.24, 2.45) is 5.16 Å². The SMILES string of the molecule is O=C1c2ccccc2S(=O)(=O)N1C[C@@H]1CC(c2ccccc2)=NO1. The summed E-state index contributed by atoms with van der Waals surface area (Å²) in [6.45, 7) is -0.0460. The number of benzene rings is 2. The maximum atomic E-state index is 12.5. The Hall–Kier alpha value is -2.67. The monoisotopic (exact) mass is 342 g/mol. The van der Waals surface area contributed by atoms with Gasteiger partial charge in [0, 0.05) is 6.42 Å². The van der Waals surface area contributed by atoms with E-state index in [2.05, 4.69) is 5.16 Å². The van der Waals surface area contributed by atoms with Crippen LogP contribution in [0.4, 0.5) is 0 Å². The van der Waals surface area contributed by atoms with Crippen molar-refractivity contribution in [3.63, 3.8) is 0 Å². The molecular weight excluding hydrogens is 328 g/mol. The topological polar surface area (TPSA) is 76.0 Å². The van der Waals surface area contributed by atoms with E-state index in [-0.39, 0.29) is 17.0 Å². The van der Waals surface area contributed by atoms with Crippen LogP contribution in [0.3, 0.4) is 0 Å². The van der Waals surface area contributed by atoms with Gasteiger partial charge >= 0.3 is 0 Å². The number of sulfonamides is 1. The van der Waals surface area contributed by atoms with E-state index in [0.29, 0.717) is 6.42 Å². The fraction of sp³-hybridized carbons (Fsp3) is 0.176. The molecular formula is C17H14N2O4S. The lowest BCUT2D eigenvalue weighted by molar-refractivity contribution is 0.0599. The number of hydrogen-bond donors (Lipinski definition) is 0. The number of oxime groups is 1. The Bertz CT molecular complexity index is 938. The highest BCUT2D eigenvalue weighted by Gasteiger charge is 2.43. The molecule has 7 heteroatoms. The molecule has 4 rings (SSSR count). The van der Waals surface area contributed by atoms with E-state index >= 15 is 0 Å². The van der Waals surface area contributed by atoms with Gasteiger partial charge < -0.3 is 4.84 Å². The van der Waals surface area contributed by atoms with E-state index in [0.717, 1.165) is 15.6 Å². The Morgan fingerprint density at radius 2 is 1.79 bits per heavy atom. The second-order valence-electron chi connectivity index (χ2n) is 5.67. The molecule has 0 saturated carbocycles. The average Bonchev–Trinajstić information content (AvgIpc) is 3.14. The summed E-state index contributed by atoms with van der Waals surface area (Å²) in [6, 6.07) is 15.8. The molecule has 0 saturated heterocycles. The lowest BCUT2D eigenvalue weighted by atomic mass is 10.1. The Morgan fingerprint density at radius 1 is 1.08 bits per heavy atom. The zero-order chi connectivity index (χ0) is 16.7. The summed E-state index contributed by atoms with van der Waals surface area (Å²) in [6.07, 6.45) is -0.0205. The van der Waals surface area contributed by atoms with E-state index in [1.807, 2.05) is 30.3 Å². The third-order valence-electron chi connectivity index (χ3n) is 4.12. The van der Waals surface area contributed by atoms with Crippen LogP contribution < -0.4 is 0 Å². The molecule has 1 amide bonds. The van der Waals surface area contributed by atoms with Crippen LogP contribution in [0.25, 0.3) is 0 Å². The van der Waals surface area contributed by atoms with Crippen molar-refractivity contribution in [3.8, 4) is 0 Å². The molecule has 2 aliphatic rings. The number of nitrogens with zero attached hydrogens (tertiary/aromatic N) is 2. The van der Waals surface area contributed by atoms with Crippen LogP contribution in [0, 0.1) is 0 Å². The summed E-state index contributed by atoms with van der Waals surface area (Å²) in [5.74, 6) is -0.512. The Labute approximate surface area is 139 Å². The van der Waals surface area contributed by atoms with E-state index < -0.39 is 22.0 Å². The number of amides is 1. The van der Waals surface area contributed by atoms with Crippen LogP contribution in [0.1, 0.15) is 22.3 Å². The highest BCUT2D eigenvalue weighted by atomic mass is 32.2. The molecule has 24 heavy (non-hydrogen) atoms. The standard InChI is InChI=1S/C17H14N2O4S/c20-17-14-8-4-5-9-16(14)24(21,22)19(17)11-13-10-15(18-23-13)12-6-2-1-3-7-12/h1-9,13H,10-11H2/t13-/m0/s1. The minimum absolute atomic E-state index is 0.0460. The lowest BCUT2D eigenvalue weighted by Crippen LogP contribution is -2.37. The maximum Gasteiger partial charge on any atom is 0.269 e. The van der Waals surface area contributed by atoms with Gasteiger partial charge in [0.15, 0.2) is 6.10 Å². The average molecular weight is 342 g/mol. The zero-order valence-corrected chi connectivity index (χ0v) is 13.4. The summed E-state index contributed by atoms with van der Waals surface area (Å²) in [5, 5.41) is 4.04. The molecule has 0 fully saturated rings. The molecule has 0 aromatic heterocycles. The molecule has 2 aromatic carbocycles. The van der Waals surface area contributed by atoms with Gasteiger partial charge in [0.05, 0.1) is 17.8 Å². The highest BCUT2D eigenvalue weighted by molar-refractivity contribution is 7.90. The maximum absolute atomic E-state index is 12.5. The first kappa shape index (κ1) is 14.9. The van der Waals surface area contributed by atoms with Gasteiger partial charge in [0.25, 0.3) is 15.9 Å². The number of fused-ring (bicyclic) bond motifs is 1. The molecule has 0 unspecified atom stereocenters. The predicted molar refractivity (Wildman–Crippen MR) is 87.1 cm³/mol. The van der Waals surface area contributed by atoms with Crippen molar-refractivity contribution in [2.75, 3.05) is 6.54 Å². The number of carbonyl (C=O) groups is 1. The molecule has 122 valence electrons. The first-order chi connectivity index (χ1) is 11.6. The van der Waals surface area contributed by atoms with E-state index in [9.17, 15) is 13.2 Å². The molecule has 2 aliphatic heterocycles. The third-order valence-corrected chi connectivity index (χ3v) is 5.93. The molecule has 0 N–H and O–H groups in total. The van der Waals surface area contributed by atoms with Gasteiger partial charge in [-0.05, 0) is 17.7 Å². The molecule has 6 nitrogen and oxygen atoms in total. The summed E-state index contributed by atoms with van der Waals surface area (Å²) >= 11 is 0. The van der Waals surface area contributed by atoms with Gasteiger partial charge in [-0.25, -0.2) is 12.7 Å². The quantitative estimate of drug-likeness (QED) is 0.855. The lowest BCUT2D eigenvalue weighted by Gasteiger charge is -2.18. The van der Waals surface area contributed by atoms with Crippen LogP contribution in [0.15, 0.2) is 64.6 Å². The molecule has 2 aromatic rings. The largest absolute Gasteiger partial charge is 0.390 e. The van der Waals surface area contributed by atoms with Gasteiger partial charge in [-0.2, -0.15) is 0 Å². The van der Waals surface area contributed by atoms with Crippen molar-refractivity contribution in [1.82, 2.24) is 4.31 Å². The second-order valence-corrected chi connectivity index (χ2v) is 7.50. The summed E-state index contributed by atoms with van der Waals surface area (Å²) in [4.78, 5) is 17.8. The molecule has 1 atom stereocenters. The number of carbonyl (C=O) groups excluding carboxylic acids is 1. The Kier molecular flexibility index (Phi) is 3.38. The Morgan fingerprint density at radius 3 is 2.54 bits per heavy atom. The summed E-state index contributed by atoms with van der Waals surface area (Å²) in [5.41, 5.74) is 1.89. The summed E-state index contributed by atoms with van der Waals surface area (Å²) in [7, 11) is -3.81. The minimum Gasteiger partial charge on any atom is -0.390 e. The van der Waals surface area contributed by atoms with Crippen molar-refractivity contribution >= 4 is 21.6 Å². The van der Waals surface area contributed by atoms with Crippen molar-refractivity contribution in [1.29, 1.82) is 0 Å². The van der Waals surface area contributed by atoms with Gasteiger partial charge in [0.1, 0.15) is 4.90 Å². The molecule has 0 radical (unpaired) electrons. The van der Waals surface area contributed by atoms with Crippen LogP contribution in [0.2, 0.25) is 0 Å². The van der Waals surface area contributed by atoms with Crippen LogP contribution in [0.5, 0.6) is 0 Å². The van der Waals surface area contributed by atoms with Gasteiger partial charge in [-0.1, -0.05) is 47.6 Å². The summed E-state index contributed by atoms with van der Waals surface area (Å²) < 4.78 is 26.0. The van der Waals surface area contributed by atoms with E-state index in [4.69, 9.17) is 4.84 Å². The highest BCUT2D eigenvalue weighted by Crippen LogP contribution is 2.31. The minimum atomic E-state index is -3.81. The van der Waals surface area contributed by atoms with Gasteiger partial charge in [-0.3, -0.25) is 4.79 Å². The first-order valence-electron chi connectivity index (χ1n) is 7.51. The van der Waals surface area contributed by atoms with Crippen LogP contribution in [-0.4, -0.2) is 37.0 Å². The van der Waals surface area contributed by atoms with Crippen LogP contribution in [-0.2, 0) is 14.9 Å². The molecule has 0 aliphatic carbocycles. The zero-order valence-electron chi connectivity index (χ0n) is 12.6. The number of rotatable bonds is 3. The fourth-order valence-corrected chi connectivity index (χ4v) is 4.52. The third kappa shape index (κ3) is 2.28. The van der Waals surface area contributed by atoms with Gasteiger partial charge in [0.2, 0.25) is 0 Å². The fourth-order valence-electron chi connectivity index (χ4n) is 2.92. The molecule has 0 spiro atoms. The first-order valence-corrected chi connectivity index (χ1v) is 8.95. The Balaban J connectivity index is 1.53. The second kappa shape index (κ2) is 5.45.